The van der Waals surface area contributed by atoms with Gasteiger partial charge in [-0.25, -0.2) is 0 Å². The van der Waals surface area contributed by atoms with Crippen molar-refractivity contribution in [1.82, 2.24) is 5.32 Å². The van der Waals surface area contributed by atoms with E-state index in [1.54, 1.807) is 0 Å². The molecule has 0 aromatic heterocycles. The summed E-state index contributed by atoms with van der Waals surface area (Å²) in [5, 5.41) is 12.4. The van der Waals surface area contributed by atoms with Crippen molar-refractivity contribution in [3.63, 3.8) is 0 Å². The van der Waals surface area contributed by atoms with Gasteiger partial charge in [-0.1, -0.05) is 38.5 Å². The number of aliphatic hydroxyl groups is 1. The van der Waals surface area contributed by atoms with Crippen LogP contribution in [0.3, 0.4) is 0 Å². The number of carbonyl (C=O) groups excluding carboxylic acids is 1. The Labute approximate surface area is 123 Å². The fraction of sp³-hybridized carbons (Fsp3) is 0.941. The van der Waals surface area contributed by atoms with Gasteiger partial charge in [-0.15, -0.1) is 0 Å². The summed E-state index contributed by atoms with van der Waals surface area (Å²) in [6, 6.07) is 0. The van der Waals surface area contributed by atoms with Crippen molar-refractivity contribution in [3.05, 3.63) is 0 Å². The first-order valence-corrected chi connectivity index (χ1v) is 8.67. The normalized spacial score (nSPS) is 27.6. The van der Waals surface area contributed by atoms with Gasteiger partial charge in [0.1, 0.15) is 0 Å². The average molecular weight is 281 g/mol. The predicted octanol–water partition coefficient (Wildman–Crippen LogP) is 3.26. The van der Waals surface area contributed by atoms with Gasteiger partial charge in [0, 0.05) is 19.6 Å². The number of hydrogen-bond acceptors (Lipinski definition) is 2. The van der Waals surface area contributed by atoms with E-state index in [0.29, 0.717) is 18.3 Å². The maximum Gasteiger partial charge on any atom is 0.220 e. The minimum Gasteiger partial charge on any atom is -0.396 e. The fourth-order valence-electron chi connectivity index (χ4n) is 3.98. The van der Waals surface area contributed by atoms with Crippen LogP contribution in [-0.2, 0) is 4.79 Å². The molecule has 0 aliphatic heterocycles. The predicted molar refractivity (Wildman–Crippen MR) is 81.4 cm³/mol. The van der Waals surface area contributed by atoms with E-state index in [4.69, 9.17) is 0 Å². The molecule has 3 nitrogen and oxygen atoms in total. The molecule has 20 heavy (non-hydrogen) atoms. The summed E-state index contributed by atoms with van der Waals surface area (Å²) >= 11 is 0. The molecule has 2 aliphatic carbocycles. The zero-order valence-corrected chi connectivity index (χ0v) is 12.8. The number of amides is 1. The average Bonchev–Trinajstić information content (AvgIpc) is 2.94. The molecule has 2 N–H and O–H groups in total. The van der Waals surface area contributed by atoms with Crippen molar-refractivity contribution in [2.24, 2.45) is 17.8 Å². The molecule has 0 heterocycles. The van der Waals surface area contributed by atoms with Gasteiger partial charge in [-0.05, 0) is 43.4 Å². The third-order valence-electron chi connectivity index (χ3n) is 5.35. The molecule has 0 saturated heterocycles. The smallest absolute Gasteiger partial charge is 0.220 e. The van der Waals surface area contributed by atoms with Crippen LogP contribution >= 0.6 is 0 Å². The first-order valence-electron chi connectivity index (χ1n) is 8.67. The first-order chi connectivity index (χ1) is 9.79. The van der Waals surface area contributed by atoms with E-state index in [-0.39, 0.29) is 12.5 Å². The molecule has 0 bridgehead atoms. The van der Waals surface area contributed by atoms with Gasteiger partial charge in [0.15, 0.2) is 0 Å². The van der Waals surface area contributed by atoms with Crippen molar-refractivity contribution in [2.75, 3.05) is 13.2 Å². The summed E-state index contributed by atoms with van der Waals surface area (Å²) in [7, 11) is 0. The Hall–Kier alpha value is -0.570. The lowest BCUT2D eigenvalue weighted by Crippen LogP contribution is -2.31. The van der Waals surface area contributed by atoms with Crippen molar-refractivity contribution in [1.29, 1.82) is 0 Å². The highest BCUT2D eigenvalue weighted by Gasteiger charge is 2.26. The third kappa shape index (κ3) is 5.08. The molecule has 0 radical (unpaired) electrons. The van der Waals surface area contributed by atoms with E-state index in [2.05, 4.69) is 5.32 Å². The molecule has 3 heteroatoms. The lowest BCUT2D eigenvalue weighted by atomic mass is 9.86. The standard InChI is InChI=1S/C17H31NO2/c19-13-16-10-5-9-15(16)12-18-17(20)11-4-8-14-6-2-1-3-7-14/h14-16,19H,1-13H2,(H,18,20). The molecule has 2 saturated carbocycles. The second-order valence-electron chi connectivity index (χ2n) is 6.83. The topological polar surface area (TPSA) is 49.3 Å². The monoisotopic (exact) mass is 281 g/mol. The number of carbonyl (C=O) groups is 1. The van der Waals surface area contributed by atoms with Gasteiger partial charge in [0.2, 0.25) is 5.91 Å². The van der Waals surface area contributed by atoms with Crippen LogP contribution in [0.25, 0.3) is 0 Å². The maximum atomic E-state index is 11.9. The second-order valence-corrected chi connectivity index (χ2v) is 6.83. The Morgan fingerprint density at radius 2 is 1.75 bits per heavy atom. The maximum absolute atomic E-state index is 11.9. The van der Waals surface area contributed by atoms with Gasteiger partial charge >= 0.3 is 0 Å². The molecule has 116 valence electrons. The van der Waals surface area contributed by atoms with E-state index in [9.17, 15) is 9.90 Å². The van der Waals surface area contributed by atoms with Gasteiger partial charge in [0.05, 0.1) is 0 Å². The Morgan fingerprint density at radius 1 is 1.00 bits per heavy atom. The summed E-state index contributed by atoms with van der Waals surface area (Å²) < 4.78 is 0. The zero-order chi connectivity index (χ0) is 14.2. The van der Waals surface area contributed by atoms with Gasteiger partial charge < -0.3 is 10.4 Å². The quantitative estimate of drug-likeness (QED) is 0.752. The van der Waals surface area contributed by atoms with Crippen LogP contribution in [0, 0.1) is 17.8 Å². The molecular formula is C17H31NO2. The highest BCUT2D eigenvalue weighted by atomic mass is 16.3. The van der Waals surface area contributed by atoms with E-state index in [1.165, 1.54) is 44.9 Å². The Morgan fingerprint density at radius 3 is 2.50 bits per heavy atom. The Balaban J connectivity index is 1.53. The Bertz CT molecular complexity index is 287. The molecule has 2 atom stereocenters. The van der Waals surface area contributed by atoms with Gasteiger partial charge in [-0.3, -0.25) is 4.79 Å². The van der Waals surface area contributed by atoms with Crippen LogP contribution in [0.2, 0.25) is 0 Å². The SMILES string of the molecule is O=C(CCCC1CCCCC1)NCC1CCCC1CO. The van der Waals surface area contributed by atoms with E-state index < -0.39 is 0 Å². The van der Waals surface area contributed by atoms with Crippen molar-refractivity contribution >= 4 is 5.91 Å². The molecular weight excluding hydrogens is 250 g/mol. The van der Waals surface area contributed by atoms with Crippen molar-refractivity contribution in [3.8, 4) is 0 Å². The fourth-order valence-corrected chi connectivity index (χ4v) is 3.98. The molecule has 2 fully saturated rings. The largest absolute Gasteiger partial charge is 0.396 e. The van der Waals surface area contributed by atoms with Crippen LogP contribution in [0.15, 0.2) is 0 Å². The lowest BCUT2D eigenvalue weighted by molar-refractivity contribution is -0.121. The van der Waals surface area contributed by atoms with Crippen LogP contribution in [-0.4, -0.2) is 24.2 Å². The molecule has 2 unspecified atom stereocenters. The highest BCUT2D eigenvalue weighted by Crippen LogP contribution is 2.30. The van der Waals surface area contributed by atoms with Crippen molar-refractivity contribution < 1.29 is 9.90 Å². The number of nitrogens with one attached hydrogen (secondary N) is 1. The lowest BCUT2D eigenvalue weighted by Gasteiger charge is -2.21. The summed E-state index contributed by atoms with van der Waals surface area (Å²) in [4.78, 5) is 11.9. The molecule has 0 spiro atoms. The molecule has 2 rings (SSSR count). The van der Waals surface area contributed by atoms with Gasteiger partial charge in [-0.2, -0.15) is 0 Å². The summed E-state index contributed by atoms with van der Waals surface area (Å²) in [6.07, 6.45) is 13.4. The Kier molecular flexibility index (Phi) is 6.85. The summed E-state index contributed by atoms with van der Waals surface area (Å²) in [5.41, 5.74) is 0. The van der Waals surface area contributed by atoms with E-state index in [0.717, 1.165) is 31.7 Å². The summed E-state index contributed by atoms with van der Waals surface area (Å²) in [5.74, 6) is 2.01. The minimum atomic E-state index is 0.212. The molecule has 0 aromatic rings. The second kappa shape index (κ2) is 8.66. The van der Waals surface area contributed by atoms with Crippen LogP contribution in [0.5, 0.6) is 0 Å². The van der Waals surface area contributed by atoms with E-state index in [1.807, 2.05) is 0 Å². The van der Waals surface area contributed by atoms with Gasteiger partial charge in [0.25, 0.3) is 0 Å². The number of aliphatic hydroxyl groups excluding tert-OH is 1. The first kappa shape index (κ1) is 15.8. The summed E-state index contributed by atoms with van der Waals surface area (Å²) in [6.45, 7) is 1.05. The molecule has 2 aliphatic rings. The number of hydrogen-bond donors (Lipinski definition) is 2. The zero-order valence-electron chi connectivity index (χ0n) is 12.8. The molecule has 1 amide bonds. The van der Waals surface area contributed by atoms with Crippen molar-refractivity contribution in [2.45, 2.75) is 70.6 Å². The van der Waals surface area contributed by atoms with Crippen LogP contribution in [0.4, 0.5) is 0 Å². The highest BCUT2D eigenvalue weighted by molar-refractivity contribution is 5.75. The third-order valence-corrected chi connectivity index (χ3v) is 5.35. The minimum absolute atomic E-state index is 0.212. The number of rotatable bonds is 7. The van der Waals surface area contributed by atoms with Crippen LogP contribution < -0.4 is 5.32 Å². The van der Waals surface area contributed by atoms with Crippen LogP contribution in [0.1, 0.15) is 70.6 Å². The van der Waals surface area contributed by atoms with E-state index >= 15 is 0 Å². The molecule has 0 aromatic carbocycles.